The van der Waals surface area contributed by atoms with Crippen molar-refractivity contribution in [3.05, 3.63) is 69.3 Å². The Morgan fingerprint density at radius 1 is 1.15 bits per heavy atom. The number of pyridine rings is 1. The molecular formula is C25H28N4O4. The van der Waals surface area contributed by atoms with Crippen LogP contribution in [0.2, 0.25) is 0 Å². The van der Waals surface area contributed by atoms with E-state index in [0.717, 1.165) is 22.4 Å². The lowest BCUT2D eigenvalue weighted by Crippen LogP contribution is -2.32. The third-order valence-corrected chi connectivity index (χ3v) is 5.98. The zero-order chi connectivity index (χ0) is 23.7. The summed E-state index contributed by atoms with van der Waals surface area (Å²) in [5, 5.41) is 3.37. The molecule has 1 aromatic carbocycles. The quantitative estimate of drug-likeness (QED) is 0.576. The molecule has 0 aliphatic heterocycles. The zero-order valence-electron chi connectivity index (χ0n) is 19.5. The van der Waals surface area contributed by atoms with Gasteiger partial charge in [-0.3, -0.25) is 14.2 Å². The largest absolute Gasteiger partial charge is 0.481 e. The summed E-state index contributed by atoms with van der Waals surface area (Å²) in [6.45, 7) is 7.42. The molecule has 1 aliphatic rings. The van der Waals surface area contributed by atoms with E-state index in [4.69, 9.17) is 14.5 Å². The minimum absolute atomic E-state index is 0.179. The molecule has 1 aliphatic carbocycles. The molecule has 0 fully saturated rings. The Labute approximate surface area is 192 Å². The summed E-state index contributed by atoms with van der Waals surface area (Å²) in [5.74, 6) is 0.716. The monoisotopic (exact) mass is 448 g/mol. The summed E-state index contributed by atoms with van der Waals surface area (Å²) in [6, 6.07) is 11.2. The van der Waals surface area contributed by atoms with Crippen molar-refractivity contribution in [1.82, 2.24) is 14.5 Å². The molecule has 0 unspecified atom stereocenters. The van der Waals surface area contributed by atoms with Gasteiger partial charge in [0.1, 0.15) is 17.6 Å². The van der Waals surface area contributed by atoms with Gasteiger partial charge in [-0.05, 0) is 38.0 Å². The van der Waals surface area contributed by atoms with E-state index in [1.165, 1.54) is 6.92 Å². The minimum atomic E-state index is -0.401. The predicted molar refractivity (Wildman–Crippen MR) is 125 cm³/mol. The first kappa shape index (κ1) is 22.5. The number of aromatic nitrogens is 3. The maximum atomic E-state index is 13.6. The number of carbonyl (C=O) groups is 1. The van der Waals surface area contributed by atoms with Crippen LogP contribution in [-0.4, -0.2) is 33.7 Å². The van der Waals surface area contributed by atoms with Crippen molar-refractivity contribution in [2.75, 3.05) is 12.4 Å². The van der Waals surface area contributed by atoms with Gasteiger partial charge in [0.2, 0.25) is 5.88 Å². The van der Waals surface area contributed by atoms with Crippen molar-refractivity contribution in [3.8, 4) is 17.3 Å². The molecule has 0 saturated carbocycles. The summed E-state index contributed by atoms with van der Waals surface area (Å²) >= 11 is 0. The van der Waals surface area contributed by atoms with Gasteiger partial charge in [0, 0.05) is 31.5 Å². The second kappa shape index (κ2) is 9.05. The van der Waals surface area contributed by atoms with Crippen LogP contribution in [0.3, 0.4) is 0 Å². The van der Waals surface area contributed by atoms with Gasteiger partial charge in [-0.25, -0.2) is 9.97 Å². The fourth-order valence-corrected chi connectivity index (χ4v) is 4.42. The Kier molecular flexibility index (Phi) is 6.18. The molecule has 1 N–H and O–H groups in total. The first-order chi connectivity index (χ1) is 15.8. The van der Waals surface area contributed by atoms with Crippen LogP contribution >= 0.6 is 0 Å². The number of nitrogens with zero attached hydrogens (tertiary/aromatic N) is 3. The third-order valence-electron chi connectivity index (χ3n) is 5.98. The molecule has 172 valence electrons. The van der Waals surface area contributed by atoms with E-state index < -0.39 is 6.10 Å². The van der Waals surface area contributed by atoms with Crippen molar-refractivity contribution >= 4 is 11.7 Å². The molecule has 4 rings (SSSR count). The Hall–Kier alpha value is -3.68. The maximum Gasteiger partial charge on any atom is 0.302 e. The Balaban J connectivity index is 1.78. The van der Waals surface area contributed by atoms with Crippen LogP contribution < -0.4 is 15.6 Å². The third kappa shape index (κ3) is 4.20. The molecule has 33 heavy (non-hydrogen) atoms. The number of benzene rings is 1. The van der Waals surface area contributed by atoms with E-state index in [2.05, 4.69) is 10.3 Å². The van der Waals surface area contributed by atoms with Crippen LogP contribution in [0.25, 0.3) is 11.4 Å². The van der Waals surface area contributed by atoms with Gasteiger partial charge < -0.3 is 14.8 Å². The number of nitrogens with one attached hydrogen (secondary N) is 1. The molecule has 0 spiro atoms. The van der Waals surface area contributed by atoms with Crippen LogP contribution in [0.15, 0.2) is 41.2 Å². The summed E-state index contributed by atoms with van der Waals surface area (Å²) in [6.07, 6.45) is 0.193. The lowest BCUT2D eigenvalue weighted by molar-refractivity contribution is -0.146. The van der Waals surface area contributed by atoms with E-state index in [9.17, 15) is 9.59 Å². The standard InChI is InChI=1S/C25H28N4O4/c1-6-29-24(18-11-12-21(32-5)26-14(18)2)27-15(3)22(25(29)31)28-23-19-10-8-7-9-17(19)13-20(23)33-16(4)30/h7-12,20,23,28H,6,13H2,1-5H3/t20-,23-/m0/s1. The molecule has 0 radical (unpaired) electrons. The molecule has 0 saturated heterocycles. The zero-order valence-corrected chi connectivity index (χ0v) is 19.5. The number of esters is 1. The average Bonchev–Trinajstić information content (AvgIpc) is 3.12. The lowest BCUT2D eigenvalue weighted by Gasteiger charge is -2.24. The first-order valence-corrected chi connectivity index (χ1v) is 11.0. The Morgan fingerprint density at radius 3 is 2.58 bits per heavy atom. The van der Waals surface area contributed by atoms with Gasteiger partial charge in [-0.15, -0.1) is 0 Å². The van der Waals surface area contributed by atoms with E-state index >= 15 is 0 Å². The Bertz CT molecular complexity index is 1270. The predicted octanol–water partition coefficient (Wildman–Crippen LogP) is 3.59. The van der Waals surface area contributed by atoms with Crippen LogP contribution in [-0.2, 0) is 22.5 Å². The fraction of sp³-hybridized carbons (Fsp3) is 0.360. The molecule has 0 amide bonds. The number of hydrogen-bond donors (Lipinski definition) is 1. The number of ether oxygens (including phenoxy) is 2. The molecule has 2 heterocycles. The Morgan fingerprint density at radius 2 is 1.91 bits per heavy atom. The van der Waals surface area contributed by atoms with Crippen molar-refractivity contribution in [2.45, 2.75) is 52.8 Å². The maximum absolute atomic E-state index is 13.6. The van der Waals surface area contributed by atoms with E-state index in [1.807, 2.05) is 44.2 Å². The highest BCUT2D eigenvalue weighted by Gasteiger charge is 2.35. The molecule has 2 atom stereocenters. The number of methoxy groups -OCH3 is 1. The summed E-state index contributed by atoms with van der Waals surface area (Å²) in [4.78, 5) is 34.5. The van der Waals surface area contributed by atoms with Crippen LogP contribution in [0.4, 0.5) is 5.69 Å². The van der Waals surface area contributed by atoms with E-state index in [1.54, 1.807) is 24.7 Å². The van der Waals surface area contributed by atoms with Crippen LogP contribution in [0.5, 0.6) is 5.88 Å². The molecule has 0 bridgehead atoms. The number of aryl methyl sites for hydroxylation is 2. The molecular weight excluding hydrogens is 420 g/mol. The number of fused-ring (bicyclic) bond motifs is 1. The summed E-state index contributed by atoms with van der Waals surface area (Å²) < 4.78 is 12.4. The number of hydrogen-bond acceptors (Lipinski definition) is 7. The molecule has 2 aromatic heterocycles. The van der Waals surface area contributed by atoms with Crippen LogP contribution in [0.1, 0.15) is 42.4 Å². The van der Waals surface area contributed by atoms with Gasteiger partial charge in [0.05, 0.1) is 24.5 Å². The van der Waals surface area contributed by atoms with Crippen LogP contribution in [0, 0.1) is 13.8 Å². The summed E-state index contributed by atoms with van der Waals surface area (Å²) in [5.41, 5.74) is 4.40. The fourth-order valence-electron chi connectivity index (χ4n) is 4.42. The summed E-state index contributed by atoms with van der Waals surface area (Å²) in [7, 11) is 1.57. The van der Waals surface area contributed by atoms with Crippen molar-refractivity contribution in [1.29, 1.82) is 0 Å². The number of carbonyl (C=O) groups excluding carboxylic acids is 1. The van der Waals surface area contributed by atoms with Crippen molar-refractivity contribution in [2.24, 2.45) is 0 Å². The highest BCUT2D eigenvalue weighted by molar-refractivity contribution is 5.67. The topological polar surface area (TPSA) is 95.3 Å². The normalized spacial score (nSPS) is 16.9. The SMILES string of the molecule is CCn1c(-c2ccc(OC)nc2C)nc(C)c(N[C@H]2c3ccccc3C[C@@H]2OC(C)=O)c1=O. The number of rotatable bonds is 6. The highest BCUT2D eigenvalue weighted by Crippen LogP contribution is 2.36. The van der Waals surface area contributed by atoms with Gasteiger partial charge >= 0.3 is 5.97 Å². The lowest BCUT2D eigenvalue weighted by atomic mass is 10.1. The molecule has 3 aromatic rings. The van der Waals surface area contributed by atoms with Crippen molar-refractivity contribution < 1.29 is 14.3 Å². The molecule has 8 nitrogen and oxygen atoms in total. The van der Waals surface area contributed by atoms with Gasteiger partial charge in [0.25, 0.3) is 5.56 Å². The van der Waals surface area contributed by atoms with Gasteiger partial charge in [-0.1, -0.05) is 24.3 Å². The van der Waals surface area contributed by atoms with E-state index in [-0.39, 0.29) is 17.6 Å². The minimum Gasteiger partial charge on any atom is -0.481 e. The van der Waals surface area contributed by atoms with Crippen molar-refractivity contribution in [3.63, 3.8) is 0 Å². The molecule has 8 heteroatoms. The highest BCUT2D eigenvalue weighted by atomic mass is 16.5. The number of anilines is 1. The second-order valence-corrected chi connectivity index (χ2v) is 8.10. The van der Waals surface area contributed by atoms with E-state index in [0.29, 0.717) is 36.1 Å². The second-order valence-electron chi connectivity index (χ2n) is 8.10. The van der Waals surface area contributed by atoms with Gasteiger partial charge in [-0.2, -0.15) is 0 Å². The average molecular weight is 449 g/mol. The first-order valence-electron chi connectivity index (χ1n) is 11.0. The van der Waals surface area contributed by atoms with Gasteiger partial charge in [0.15, 0.2) is 0 Å². The smallest absolute Gasteiger partial charge is 0.302 e.